The number of rotatable bonds is 4. The average molecular weight is 386 g/mol. The fraction of sp³-hybridized carbons (Fsp3) is 0.222. The number of aromatic nitrogens is 2. The van der Waals surface area contributed by atoms with Crippen LogP contribution in [0.3, 0.4) is 0 Å². The Bertz CT molecular complexity index is 1090. The number of thiophene rings is 1. The van der Waals surface area contributed by atoms with E-state index >= 15 is 0 Å². The second kappa shape index (κ2) is 7.58. The van der Waals surface area contributed by atoms with Crippen LogP contribution in [-0.2, 0) is 11.3 Å². The predicted molar refractivity (Wildman–Crippen MR) is 102 cm³/mol. The molecule has 2 heterocycles. The fourth-order valence-electron chi connectivity index (χ4n) is 2.57. The van der Waals surface area contributed by atoms with Crippen molar-refractivity contribution in [3.8, 4) is 5.75 Å². The van der Waals surface area contributed by atoms with Crippen LogP contribution in [0.4, 0.5) is 0 Å². The Labute approximate surface area is 158 Å². The van der Waals surface area contributed by atoms with Crippen LogP contribution in [-0.4, -0.2) is 26.5 Å². The molecule has 0 fully saturated rings. The summed E-state index contributed by atoms with van der Waals surface area (Å²) in [5.41, 5.74) is 5.26. The topological polar surface area (TPSA) is 113 Å². The number of para-hydroxylation sites is 1. The Hall–Kier alpha value is -3.20. The first-order valence-electron chi connectivity index (χ1n) is 8.20. The molecule has 8 nitrogen and oxygen atoms in total. The number of phenols is 1. The maximum Gasteiger partial charge on any atom is 0.273 e. The lowest BCUT2D eigenvalue weighted by atomic mass is 10.2. The first kappa shape index (κ1) is 18.6. The van der Waals surface area contributed by atoms with Gasteiger partial charge >= 0.3 is 0 Å². The summed E-state index contributed by atoms with van der Waals surface area (Å²) in [6.45, 7) is 3.95. The number of hydrazine groups is 1. The zero-order valence-electron chi connectivity index (χ0n) is 14.8. The number of benzene rings is 1. The lowest BCUT2D eigenvalue weighted by molar-refractivity contribution is -0.122. The van der Waals surface area contributed by atoms with E-state index in [4.69, 9.17) is 0 Å². The van der Waals surface area contributed by atoms with E-state index in [1.807, 2.05) is 13.8 Å². The second-order valence-corrected chi connectivity index (χ2v) is 7.18. The van der Waals surface area contributed by atoms with Gasteiger partial charge in [-0.15, -0.1) is 11.3 Å². The molecule has 27 heavy (non-hydrogen) atoms. The molecule has 0 atom stereocenters. The molecular weight excluding hydrogens is 368 g/mol. The molecule has 3 N–H and O–H groups in total. The molecule has 0 saturated carbocycles. The lowest BCUT2D eigenvalue weighted by Crippen LogP contribution is -2.42. The van der Waals surface area contributed by atoms with Crippen LogP contribution in [0.5, 0.6) is 5.75 Å². The molecule has 140 valence electrons. The molecular formula is C18H18N4O4S. The van der Waals surface area contributed by atoms with Crippen molar-refractivity contribution in [3.05, 3.63) is 57.0 Å². The third-order valence-corrected chi connectivity index (χ3v) is 5.31. The number of nitrogens with one attached hydrogen (secondary N) is 2. The molecule has 3 rings (SSSR count). The first-order valence-corrected chi connectivity index (χ1v) is 9.02. The molecule has 0 unspecified atom stereocenters. The smallest absolute Gasteiger partial charge is 0.273 e. The highest BCUT2D eigenvalue weighted by Gasteiger charge is 2.14. The van der Waals surface area contributed by atoms with Crippen molar-refractivity contribution >= 4 is 33.4 Å². The van der Waals surface area contributed by atoms with Crippen LogP contribution in [0, 0.1) is 13.8 Å². The predicted octanol–water partition coefficient (Wildman–Crippen LogP) is 1.63. The van der Waals surface area contributed by atoms with Gasteiger partial charge in [-0.2, -0.15) is 0 Å². The molecule has 0 aliphatic heterocycles. The van der Waals surface area contributed by atoms with Gasteiger partial charge in [-0.25, -0.2) is 4.98 Å². The summed E-state index contributed by atoms with van der Waals surface area (Å²) in [4.78, 5) is 42.5. The van der Waals surface area contributed by atoms with E-state index in [0.717, 1.165) is 10.4 Å². The van der Waals surface area contributed by atoms with E-state index < -0.39 is 11.8 Å². The summed E-state index contributed by atoms with van der Waals surface area (Å²) < 4.78 is 1.38. The van der Waals surface area contributed by atoms with Gasteiger partial charge in [0.2, 0.25) is 5.91 Å². The van der Waals surface area contributed by atoms with Crippen molar-refractivity contribution in [1.29, 1.82) is 0 Å². The first-order chi connectivity index (χ1) is 12.9. The van der Waals surface area contributed by atoms with E-state index in [9.17, 15) is 19.5 Å². The standard InChI is InChI=1S/C18H18N4O4S/c1-10-11(2)27-17-15(10)18(26)22(9-19-17)8-7-14(24)20-21-16(25)12-5-3-4-6-13(12)23/h3-6,9,23H,7-8H2,1-2H3,(H,20,24)(H,21,25). The van der Waals surface area contributed by atoms with E-state index in [2.05, 4.69) is 15.8 Å². The highest BCUT2D eigenvalue weighted by Crippen LogP contribution is 2.25. The maximum atomic E-state index is 12.6. The fourth-order valence-corrected chi connectivity index (χ4v) is 3.56. The van der Waals surface area contributed by atoms with E-state index in [1.54, 1.807) is 12.1 Å². The maximum absolute atomic E-state index is 12.6. The minimum atomic E-state index is -0.633. The Kier molecular flexibility index (Phi) is 5.22. The third kappa shape index (κ3) is 3.82. The summed E-state index contributed by atoms with van der Waals surface area (Å²) >= 11 is 1.46. The number of aryl methyl sites for hydroxylation is 3. The molecule has 0 bridgehead atoms. The van der Waals surface area contributed by atoms with Crippen LogP contribution in [0.15, 0.2) is 35.4 Å². The zero-order valence-corrected chi connectivity index (χ0v) is 15.6. The van der Waals surface area contributed by atoms with Crippen LogP contribution in [0.2, 0.25) is 0 Å². The molecule has 0 radical (unpaired) electrons. The third-order valence-electron chi connectivity index (χ3n) is 4.20. The number of amides is 2. The minimum absolute atomic E-state index is 0.0175. The zero-order chi connectivity index (χ0) is 19.6. The molecule has 0 aliphatic rings. The van der Waals surface area contributed by atoms with Crippen molar-refractivity contribution in [2.45, 2.75) is 26.8 Å². The quantitative estimate of drug-likeness (QED) is 0.590. The van der Waals surface area contributed by atoms with E-state index in [0.29, 0.717) is 10.2 Å². The molecule has 2 amide bonds. The van der Waals surface area contributed by atoms with Gasteiger partial charge in [0, 0.05) is 17.8 Å². The molecule has 0 aliphatic carbocycles. The van der Waals surface area contributed by atoms with Crippen molar-refractivity contribution in [2.75, 3.05) is 0 Å². The van der Waals surface area contributed by atoms with E-state index in [-0.39, 0.29) is 29.8 Å². The Morgan fingerprint density at radius 1 is 1.22 bits per heavy atom. The summed E-state index contributed by atoms with van der Waals surface area (Å²) in [7, 11) is 0. The monoisotopic (exact) mass is 386 g/mol. The summed E-state index contributed by atoms with van der Waals surface area (Å²) in [6.07, 6.45) is 1.41. The van der Waals surface area contributed by atoms with E-state index in [1.165, 1.54) is 34.4 Å². The highest BCUT2D eigenvalue weighted by molar-refractivity contribution is 7.18. The Balaban J connectivity index is 1.61. The average Bonchev–Trinajstić information content (AvgIpc) is 2.94. The number of hydrogen-bond donors (Lipinski definition) is 3. The van der Waals surface area contributed by atoms with Gasteiger partial charge in [-0.3, -0.25) is 29.8 Å². The number of fused-ring (bicyclic) bond motifs is 1. The van der Waals surface area contributed by atoms with Crippen molar-refractivity contribution in [3.63, 3.8) is 0 Å². The normalized spacial score (nSPS) is 10.7. The van der Waals surface area contributed by atoms with Crippen LogP contribution in [0.25, 0.3) is 10.2 Å². The second-order valence-electron chi connectivity index (χ2n) is 5.98. The van der Waals surface area contributed by atoms with Crippen LogP contribution in [0.1, 0.15) is 27.2 Å². The van der Waals surface area contributed by atoms with Crippen LogP contribution >= 0.6 is 11.3 Å². The number of carbonyl (C=O) groups is 2. The molecule has 0 spiro atoms. The van der Waals surface area contributed by atoms with Gasteiger partial charge < -0.3 is 5.11 Å². The number of phenolic OH excluding ortho intramolecular Hbond substituents is 1. The highest BCUT2D eigenvalue weighted by atomic mass is 32.1. The number of nitrogens with zero attached hydrogens (tertiary/aromatic N) is 2. The van der Waals surface area contributed by atoms with Crippen LogP contribution < -0.4 is 16.4 Å². The van der Waals surface area contributed by atoms with Crippen molar-refractivity contribution < 1.29 is 14.7 Å². The van der Waals surface area contributed by atoms with Gasteiger partial charge in [0.25, 0.3) is 11.5 Å². The van der Waals surface area contributed by atoms with Gasteiger partial charge in [0.05, 0.1) is 17.3 Å². The van der Waals surface area contributed by atoms with Crippen molar-refractivity contribution in [2.24, 2.45) is 0 Å². The minimum Gasteiger partial charge on any atom is -0.507 e. The summed E-state index contributed by atoms with van der Waals surface area (Å²) in [5, 5.41) is 10.2. The molecule has 3 aromatic rings. The molecule has 9 heteroatoms. The molecule has 0 saturated heterocycles. The summed E-state index contributed by atoms with van der Waals surface area (Å²) in [6, 6.07) is 5.99. The molecule has 1 aromatic carbocycles. The van der Waals surface area contributed by atoms with Gasteiger partial charge in [-0.05, 0) is 31.5 Å². The van der Waals surface area contributed by atoms with Gasteiger partial charge in [0.1, 0.15) is 10.6 Å². The lowest BCUT2D eigenvalue weighted by Gasteiger charge is -2.09. The molecule has 2 aromatic heterocycles. The number of aromatic hydroxyl groups is 1. The van der Waals surface area contributed by atoms with Gasteiger partial charge in [-0.1, -0.05) is 12.1 Å². The van der Waals surface area contributed by atoms with Gasteiger partial charge in [0.15, 0.2) is 0 Å². The largest absolute Gasteiger partial charge is 0.507 e. The van der Waals surface area contributed by atoms with Crippen molar-refractivity contribution in [1.82, 2.24) is 20.4 Å². The number of carbonyl (C=O) groups excluding carboxylic acids is 2. The SMILES string of the molecule is Cc1sc2ncn(CCC(=O)NNC(=O)c3ccccc3O)c(=O)c2c1C. The Morgan fingerprint density at radius 2 is 1.96 bits per heavy atom. The summed E-state index contributed by atoms with van der Waals surface area (Å²) in [5.74, 6) is -1.29. The number of hydrogen-bond acceptors (Lipinski definition) is 6. The Morgan fingerprint density at radius 3 is 2.70 bits per heavy atom.